The zero-order valence-electron chi connectivity index (χ0n) is 15.6. The fourth-order valence-corrected chi connectivity index (χ4v) is 2.63. The molecule has 0 radical (unpaired) electrons. The van der Waals surface area contributed by atoms with Crippen LogP contribution in [0.5, 0.6) is 0 Å². The van der Waals surface area contributed by atoms with Gasteiger partial charge in [0.25, 0.3) is 0 Å². The van der Waals surface area contributed by atoms with Gasteiger partial charge in [-0.05, 0) is 18.1 Å². The first kappa shape index (κ1) is 20.3. The highest BCUT2D eigenvalue weighted by molar-refractivity contribution is 5.75. The number of ether oxygens (including phenoxy) is 2. The molecular weight excluding hydrogens is 326 g/mol. The van der Waals surface area contributed by atoms with Crippen molar-refractivity contribution in [2.24, 2.45) is 0 Å². The largest absolute Gasteiger partial charge is 0.379 e. The quantitative estimate of drug-likeness (QED) is 0.514. The number of benzene rings is 2. The van der Waals surface area contributed by atoms with Crippen LogP contribution in [0.1, 0.15) is 24.5 Å². The van der Waals surface area contributed by atoms with Crippen LogP contribution in [-0.2, 0) is 27.4 Å². The summed E-state index contributed by atoms with van der Waals surface area (Å²) in [6, 6.07) is 21.0. The highest BCUT2D eigenvalue weighted by Gasteiger charge is 2.07. The number of hydrogen-bond donors (Lipinski definition) is 0. The lowest BCUT2D eigenvalue weighted by molar-refractivity contribution is -0.118. The van der Waals surface area contributed by atoms with Crippen LogP contribution in [0.2, 0.25) is 0 Å². The number of rotatable bonds is 13. The van der Waals surface area contributed by atoms with Crippen molar-refractivity contribution < 1.29 is 14.3 Å². The molecule has 2 rings (SSSR count). The van der Waals surface area contributed by atoms with Crippen molar-refractivity contribution in [1.29, 1.82) is 0 Å². The fraction of sp³-hybridized carbons (Fsp3) is 0.409. The SMILES string of the molecule is CC(=O)CCOCCOCCN(Cc1ccccc1)Cc1ccccc1. The van der Waals surface area contributed by atoms with Crippen LogP contribution in [0.25, 0.3) is 0 Å². The molecule has 0 aliphatic rings. The number of ketones is 1. The van der Waals surface area contributed by atoms with E-state index in [2.05, 4.69) is 53.4 Å². The van der Waals surface area contributed by atoms with E-state index in [-0.39, 0.29) is 5.78 Å². The molecule has 26 heavy (non-hydrogen) atoms. The van der Waals surface area contributed by atoms with E-state index in [1.54, 1.807) is 6.92 Å². The van der Waals surface area contributed by atoms with Crippen LogP contribution in [-0.4, -0.2) is 43.7 Å². The van der Waals surface area contributed by atoms with Gasteiger partial charge in [-0.25, -0.2) is 0 Å². The lowest BCUT2D eigenvalue weighted by atomic mass is 10.1. The van der Waals surface area contributed by atoms with Crippen molar-refractivity contribution in [3.63, 3.8) is 0 Å². The van der Waals surface area contributed by atoms with Crippen molar-refractivity contribution in [3.8, 4) is 0 Å². The lowest BCUT2D eigenvalue weighted by Gasteiger charge is -2.22. The number of Topliss-reactive ketones (excluding diaryl/α,β-unsaturated/α-hetero) is 1. The first-order valence-corrected chi connectivity index (χ1v) is 9.19. The third kappa shape index (κ3) is 8.90. The minimum atomic E-state index is 0.156. The molecular formula is C22H29NO3. The molecule has 0 fully saturated rings. The maximum absolute atomic E-state index is 10.8. The van der Waals surface area contributed by atoms with Crippen LogP contribution < -0.4 is 0 Å². The standard InChI is InChI=1S/C22H29NO3/c1-20(24)12-14-25-16-17-26-15-13-23(18-21-8-4-2-5-9-21)19-22-10-6-3-7-11-22/h2-11H,12-19H2,1H3. The predicted octanol–water partition coefficient (Wildman–Crippen LogP) is 3.70. The van der Waals surface area contributed by atoms with Crippen LogP contribution in [0.15, 0.2) is 60.7 Å². The molecule has 0 spiro atoms. The Labute approximate surface area is 156 Å². The Balaban J connectivity index is 1.72. The van der Waals surface area contributed by atoms with Gasteiger partial charge < -0.3 is 9.47 Å². The van der Waals surface area contributed by atoms with E-state index >= 15 is 0 Å². The lowest BCUT2D eigenvalue weighted by Crippen LogP contribution is -2.27. The summed E-state index contributed by atoms with van der Waals surface area (Å²) in [4.78, 5) is 13.2. The molecule has 4 nitrogen and oxygen atoms in total. The molecule has 0 bridgehead atoms. The smallest absolute Gasteiger partial charge is 0.132 e. The number of carbonyl (C=O) groups excluding carboxylic acids is 1. The molecule has 0 saturated heterocycles. The van der Waals surface area contributed by atoms with E-state index in [1.807, 2.05) is 12.1 Å². The number of nitrogens with zero attached hydrogens (tertiary/aromatic N) is 1. The van der Waals surface area contributed by atoms with Gasteiger partial charge in [0.15, 0.2) is 0 Å². The van der Waals surface area contributed by atoms with Crippen molar-refractivity contribution in [3.05, 3.63) is 71.8 Å². The molecule has 0 aliphatic heterocycles. The van der Waals surface area contributed by atoms with E-state index in [0.717, 1.165) is 19.6 Å². The maximum Gasteiger partial charge on any atom is 0.132 e. The van der Waals surface area contributed by atoms with E-state index < -0.39 is 0 Å². The summed E-state index contributed by atoms with van der Waals surface area (Å²) in [7, 11) is 0. The van der Waals surface area contributed by atoms with E-state index in [9.17, 15) is 4.79 Å². The van der Waals surface area contributed by atoms with Gasteiger partial charge in [0, 0.05) is 26.1 Å². The van der Waals surface area contributed by atoms with Gasteiger partial charge in [-0.2, -0.15) is 0 Å². The summed E-state index contributed by atoms with van der Waals surface area (Å²) < 4.78 is 11.1. The third-order valence-electron chi connectivity index (χ3n) is 4.02. The van der Waals surface area contributed by atoms with Crippen LogP contribution in [0, 0.1) is 0 Å². The minimum Gasteiger partial charge on any atom is -0.379 e. The van der Waals surface area contributed by atoms with Crippen molar-refractivity contribution >= 4 is 5.78 Å². The number of carbonyl (C=O) groups is 1. The van der Waals surface area contributed by atoms with Gasteiger partial charge >= 0.3 is 0 Å². The molecule has 2 aromatic rings. The monoisotopic (exact) mass is 355 g/mol. The Hall–Kier alpha value is -2.01. The van der Waals surface area contributed by atoms with E-state index in [1.165, 1.54) is 11.1 Å². The molecule has 0 aromatic heterocycles. The van der Waals surface area contributed by atoms with Crippen molar-refractivity contribution in [1.82, 2.24) is 4.90 Å². The molecule has 2 aromatic carbocycles. The van der Waals surface area contributed by atoms with Crippen LogP contribution in [0.4, 0.5) is 0 Å². The summed E-state index contributed by atoms with van der Waals surface area (Å²) >= 11 is 0. The molecule has 0 unspecified atom stereocenters. The van der Waals surface area contributed by atoms with Gasteiger partial charge in [-0.1, -0.05) is 60.7 Å². The minimum absolute atomic E-state index is 0.156. The van der Waals surface area contributed by atoms with Gasteiger partial charge in [-0.3, -0.25) is 9.69 Å². The van der Waals surface area contributed by atoms with Gasteiger partial charge in [0.2, 0.25) is 0 Å². The Morgan fingerprint density at radius 3 is 1.77 bits per heavy atom. The average molecular weight is 355 g/mol. The Kier molecular flexibility index (Phi) is 9.65. The predicted molar refractivity (Wildman–Crippen MR) is 104 cm³/mol. The molecule has 0 saturated carbocycles. The summed E-state index contributed by atoms with van der Waals surface area (Å²) in [5.41, 5.74) is 2.60. The Morgan fingerprint density at radius 1 is 0.769 bits per heavy atom. The zero-order valence-corrected chi connectivity index (χ0v) is 15.6. The van der Waals surface area contributed by atoms with Gasteiger partial charge in [-0.15, -0.1) is 0 Å². The average Bonchev–Trinajstić information content (AvgIpc) is 2.65. The highest BCUT2D eigenvalue weighted by atomic mass is 16.5. The number of hydrogen-bond acceptors (Lipinski definition) is 4. The first-order valence-electron chi connectivity index (χ1n) is 9.19. The summed E-state index contributed by atoms with van der Waals surface area (Å²) in [6.07, 6.45) is 0.474. The second-order valence-electron chi connectivity index (χ2n) is 6.36. The molecule has 0 amide bonds. The van der Waals surface area contributed by atoms with E-state index in [0.29, 0.717) is 32.8 Å². The second kappa shape index (κ2) is 12.4. The van der Waals surface area contributed by atoms with Gasteiger partial charge in [0.05, 0.1) is 26.4 Å². The molecule has 0 aliphatic carbocycles. The Morgan fingerprint density at radius 2 is 1.27 bits per heavy atom. The first-order chi connectivity index (χ1) is 12.7. The molecule has 140 valence electrons. The normalized spacial score (nSPS) is 11.0. The van der Waals surface area contributed by atoms with Gasteiger partial charge in [0.1, 0.15) is 5.78 Å². The third-order valence-corrected chi connectivity index (χ3v) is 4.02. The van der Waals surface area contributed by atoms with E-state index in [4.69, 9.17) is 9.47 Å². The van der Waals surface area contributed by atoms with Crippen molar-refractivity contribution in [2.45, 2.75) is 26.4 Å². The second-order valence-corrected chi connectivity index (χ2v) is 6.36. The molecule has 0 N–H and O–H groups in total. The fourth-order valence-electron chi connectivity index (χ4n) is 2.63. The van der Waals surface area contributed by atoms with Crippen LogP contribution >= 0.6 is 0 Å². The molecule has 0 atom stereocenters. The molecule has 4 heteroatoms. The van der Waals surface area contributed by atoms with Crippen molar-refractivity contribution in [2.75, 3.05) is 33.0 Å². The maximum atomic E-state index is 10.8. The topological polar surface area (TPSA) is 38.8 Å². The summed E-state index contributed by atoms with van der Waals surface area (Å²) in [6.45, 7) is 6.46. The summed E-state index contributed by atoms with van der Waals surface area (Å²) in [5.74, 6) is 0.156. The van der Waals surface area contributed by atoms with Crippen LogP contribution in [0.3, 0.4) is 0 Å². The zero-order chi connectivity index (χ0) is 18.5. The highest BCUT2D eigenvalue weighted by Crippen LogP contribution is 2.09. The Bertz CT molecular complexity index is 574. The summed E-state index contributed by atoms with van der Waals surface area (Å²) in [5, 5.41) is 0. The molecule has 0 heterocycles.